The number of hydrogen-bond acceptors (Lipinski definition) is 4. The van der Waals surface area contributed by atoms with Gasteiger partial charge in [-0.1, -0.05) is 0 Å². The van der Waals surface area contributed by atoms with Crippen molar-refractivity contribution in [3.63, 3.8) is 0 Å². The van der Waals surface area contributed by atoms with E-state index in [2.05, 4.69) is 21.4 Å². The van der Waals surface area contributed by atoms with E-state index in [1.54, 1.807) is 17.7 Å². The van der Waals surface area contributed by atoms with Crippen molar-refractivity contribution in [2.75, 3.05) is 6.54 Å². The van der Waals surface area contributed by atoms with Crippen molar-refractivity contribution < 1.29 is 5.11 Å². The Morgan fingerprint density at radius 2 is 2.47 bits per heavy atom. The first-order valence-corrected chi connectivity index (χ1v) is 6.00. The van der Waals surface area contributed by atoms with Crippen molar-refractivity contribution in [3.05, 3.63) is 17.3 Å². The quantitative estimate of drug-likeness (QED) is 0.685. The number of aromatic nitrogens is 2. The molecule has 80 valence electrons. The van der Waals surface area contributed by atoms with E-state index in [4.69, 9.17) is 0 Å². The van der Waals surface area contributed by atoms with Crippen molar-refractivity contribution in [1.29, 1.82) is 0 Å². The van der Waals surface area contributed by atoms with Gasteiger partial charge in [0, 0.05) is 4.88 Å². The third-order valence-corrected chi connectivity index (χ3v) is 3.99. The maximum atomic E-state index is 9.90. The normalized spacial score (nSPS) is 27.3. The van der Waals surface area contributed by atoms with Crippen LogP contribution >= 0.6 is 11.3 Å². The first-order valence-electron chi connectivity index (χ1n) is 5.19. The lowest BCUT2D eigenvalue weighted by molar-refractivity contribution is 0.0980. The number of nitrogens with one attached hydrogen (secondary N) is 2. The zero-order valence-corrected chi connectivity index (χ0v) is 9.05. The van der Waals surface area contributed by atoms with Crippen LogP contribution in [0, 0.1) is 0 Å². The molecule has 2 atom stereocenters. The summed E-state index contributed by atoms with van der Waals surface area (Å²) in [6.07, 6.45) is 3.38. The molecule has 3 rings (SSSR count). The Labute approximate surface area is 91.3 Å². The SMILES string of the molecule is OC1CCCNC1c1cc2[nH]cnc2s1. The van der Waals surface area contributed by atoms with Crippen LogP contribution in [0.3, 0.4) is 0 Å². The van der Waals surface area contributed by atoms with Crippen LogP contribution in [0.15, 0.2) is 12.4 Å². The molecule has 1 aliphatic heterocycles. The predicted octanol–water partition coefficient (Wildman–Crippen LogP) is 1.41. The number of H-pyrrole nitrogens is 1. The monoisotopic (exact) mass is 223 g/mol. The van der Waals surface area contributed by atoms with Gasteiger partial charge in [-0.2, -0.15) is 0 Å². The molecular formula is C10H13N3OS. The molecule has 2 unspecified atom stereocenters. The van der Waals surface area contributed by atoms with Gasteiger partial charge in [-0.15, -0.1) is 11.3 Å². The van der Waals surface area contributed by atoms with Crippen LogP contribution in [0.1, 0.15) is 23.8 Å². The molecule has 1 fully saturated rings. The molecule has 3 heterocycles. The first-order chi connectivity index (χ1) is 7.34. The fraction of sp³-hybridized carbons (Fsp3) is 0.500. The van der Waals surface area contributed by atoms with Gasteiger partial charge in [-0.25, -0.2) is 4.98 Å². The molecule has 0 radical (unpaired) electrons. The van der Waals surface area contributed by atoms with Crippen molar-refractivity contribution in [3.8, 4) is 0 Å². The number of aliphatic hydroxyl groups excluding tert-OH is 1. The van der Waals surface area contributed by atoms with Crippen molar-refractivity contribution in [2.24, 2.45) is 0 Å². The summed E-state index contributed by atoms with van der Waals surface area (Å²) >= 11 is 1.65. The van der Waals surface area contributed by atoms with Crippen LogP contribution in [0.25, 0.3) is 10.3 Å². The minimum atomic E-state index is -0.262. The van der Waals surface area contributed by atoms with Gasteiger partial charge in [-0.3, -0.25) is 0 Å². The van der Waals surface area contributed by atoms with E-state index in [0.717, 1.165) is 29.7 Å². The third kappa shape index (κ3) is 1.56. The summed E-state index contributed by atoms with van der Waals surface area (Å²) in [6, 6.07) is 2.17. The van der Waals surface area contributed by atoms with Crippen molar-refractivity contribution >= 4 is 21.7 Å². The van der Waals surface area contributed by atoms with Gasteiger partial charge in [0.2, 0.25) is 0 Å². The summed E-state index contributed by atoms with van der Waals surface area (Å²) in [5.74, 6) is 0. The lowest BCUT2D eigenvalue weighted by Crippen LogP contribution is -2.37. The summed E-state index contributed by atoms with van der Waals surface area (Å²) in [5.41, 5.74) is 1.06. The Hall–Kier alpha value is -0.910. The second-order valence-corrected chi connectivity index (χ2v) is 4.97. The Kier molecular flexibility index (Phi) is 2.23. The van der Waals surface area contributed by atoms with E-state index >= 15 is 0 Å². The molecule has 0 bridgehead atoms. The molecule has 1 aliphatic rings. The fourth-order valence-corrected chi connectivity index (χ4v) is 3.18. The highest BCUT2D eigenvalue weighted by molar-refractivity contribution is 7.18. The average molecular weight is 223 g/mol. The second-order valence-electron chi connectivity index (χ2n) is 3.91. The Bertz CT molecular complexity index is 435. The van der Waals surface area contributed by atoms with Gasteiger partial charge in [-0.05, 0) is 25.5 Å². The largest absolute Gasteiger partial charge is 0.391 e. The number of aromatic amines is 1. The van der Waals surface area contributed by atoms with E-state index in [1.807, 2.05) is 0 Å². The van der Waals surface area contributed by atoms with Gasteiger partial charge < -0.3 is 15.4 Å². The number of hydrogen-bond donors (Lipinski definition) is 3. The number of nitrogens with zero attached hydrogens (tertiary/aromatic N) is 1. The van der Waals surface area contributed by atoms with Crippen LogP contribution in [0.2, 0.25) is 0 Å². The highest BCUT2D eigenvalue weighted by atomic mass is 32.1. The van der Waals surface area contributed by atoms with Crippen LogP contribution in [-0.4, -0.2) is 27.7 Å². The van der Waals surface area contributed by atoms with Gasteiger partial charge in [0.05, 0.1) is 24.0 Å². The Morgan fingerprint density at radius 3 is 3.27 bits per heavy atom. The molecule has 0 amide bonds. The van der Waals surface area contributed by atoms with Gasteiger partial charge in [0.1, 0.15) is 4.83 Å². The Morgan fingerprint density at radius 1 is 1.53 bits per heavy atom. The molecule has 15 heavy (non-hydrogen) atoms. The lowest BCUT2D eigenvalue weighted by atomic mass is 10.0. The Balaban J connectivity index is 1.95. The molecule has 4 nitrogen and oxygen atoms in total. The second kappa shape index (κ2) is 3.59. The maximum absolute atomic E-state index is 9.90. The van der Waals surface area contributed by atoms with Crippen molar-refractivity contribution in [1.82, 2.24) is 15.3 Å². The van der Waals surface area contributed by atoms with E-state index in [1.165, 1.54) is 4.88 Å². The molecular weight excluding hydrogens is 210 g/mol. The minimum Gasteiger partial charge on any atom is -0.391 e. The standard InChI is InChI=1S/C10H13N3OS/c14-7-2-1-3-11-9(7)8-4-6-10(15-8)13-5-12-6/h4-5,7,9,11,14H,1-3H2,(H,12,13). The summed E-state index contributed by atoms with van der Waals surface area (Å²) < 4.78 is 0. The highest BCUT2D eigenvalue weighted by Gasteiger charge is 2.25. The zero-order valence-electron chi connectivity index (χ0n) is 8.23. The van der Waals surface area contributed by atoms with Gasteiger partial charge in [0.15, 0.2) is 0 Å². The minimum absolute atomic E-state index is 0.0892. The molecule has 2 aromatic rings. The van der Waals surface area contributed by atoms with Crippen LogP contribution in [0.4, 0.5) is 0 Å². The molecule has 1 saturated heterocycles. The summed E-state index contributed by atoms with van der Waals surface area (Å²) in [5, 5.41) is 13.3. The molecule has 0 aliphatic carbocycles. The molecule has 3 N–H and O–H groups in total. The number of piperidine rings is 1. The number of thiophene rings is 1. The van der Waals surface area contributed by atoms with Crippen molar-refractivity contribution in [2.45, 2.75) is 25.0 Å². The van der Waals surface area contributed by atoms with E-state index in [9.17, 15) is 5.11 Å². The van der Waals surface area contributed by atoms with E-state index in [-0.39, 0.29) is 12.1 Å². The number of fused-ring (bicyclic) bond motifs is 1. The van der Waals surface area contributed by atoms with Crippen LogP contribution in [0.5, 0.6) is 0 Å². The molecule has 0 spiro atoms. The third-order valence-electron chi connectivity index (χ3n) is 2.87. The lowest BCUT2D eigenvalue weighted by Gasteiger charge is -2.27. The van der Waals surface area contributed by atoms with Crippen LogP contribution < -0.4 is 5.32 Å². The first kappa shape index (κ1) is 9.33. The maximum Gasteiger partial charge on any atom is 0.141 e. The summed E-state index contributed by atoms with van der Waals surface area (Å²) in [6.45, 7) is 0.987. The van der Waals surface area contributed by atoms with Gasteiger partial charge >= 0.3 is 0 Å². The van der Waals surface area contributed by atoms with E-state index < -0.39 is 0 Å². The number of aliphatic hydroxyl groups is 1. The number of imidazole rings is 1. The number of rotatable bonds is 1. The summed E-state index contributed by atoms with van der Waals surface area (Å²) in [4.78, 5) is 9.49. The van der Waals surface area contributed by atoms with Crippen LogP contribution in [-0.2, 0) is 0 Å². The molecule has 0 saturated carbocycles. The fourth-order valence-electron chi connectivity index (χ4n) is 2.07. The predicted molar refractivity (Wildman–Crippen MR) is 60.0 cm³/mol. The average Bonchev–Trinajstić information content (AvgIpc) is 2.77. The molecule has 2 aromatic heterocycles. The summed E-state index contributed by atoms with van der Waals surface area (Å²) in [7, 11) is 0. The smallest absolute Gasteiger partial charge is 0.141 e. The zero-order chi connectivity index (χ0) is 10.3. The molecule has 0 aromatic carbocycles. The van der Waals surface area contributed by atoms with Gasteiger partial charge in [0.25, 0.3) is 0 Å². The topological polar surface area (TPSA) is 60.9 Å². The van der Waals surface area contributed by atoms with E-state index in [0.29, 0.717) is 0 Å². The molecule has 5 heteroatoms. The highest BCUT2D eigenvalue weighted by Crippen LogP contribution is 2.31.